The monoisotopic (exact) mass is 226 g/mol. The minimum absolute atomic E-state index is 0.158. The highest BCUT2D eigenvalue weighted by Crippen LogP contribution is 2.24. The number of hydrogen-bond donors (Lipinski definition) is 2. The Morgan fingerprint density at radius 2 is 2.19 bits per heavy atom. The lowest BCUT2D eigenvalue weighted by Crippen LogP contribution is -2.50. The molecule has 0 spiro atoms. The van der Waals surface area contributed by atoms with Crippen LogP contribution in [0.15, 0.2) is 0 Å². The van der Waals surface area contributed by atoms with Crippen molar-refractivity contribution >= 4 is 5.91 Å². The number of ether oxygens (including phenoxy) is 1. The van der Waals surface area contributed by atoms with E-state index in [1.807, 2.05) is 6.92 Å². The summed E-state index contributed by atoms with van der Waals surface area (Å²) in [6.07, 6.45) is 2.33. The lowest BCUT2D eigenvalue weighted by atomic mass is 9.88. The second-order valence-electron chi connectivity index (χ2n) is 5.00. The van der Waals surface area contributed by atoms with Gasteiger partial charge in [0.05, 0.1) is 12.0 Å². The fourth-order valence-electron chi connectivity index (χ4n) is 2.52. The van der Waals surface area contributed by atoms with Crippen LogP contribution in [0.5, 0.6) is 0 Å². The zero-order chi connectivity index (χ0) is 11.5. The molecule has 0 radical (unpaired) electrons. The van der Waals surface area contributed by atoms with E-state index >= 15 is 0 Å². The van der Waals surface area contributed by atoms with Gasteiger partial charge >= 0.3 is 0 Å². The quantitative estimate of drug-likeness (QED) is 0.735. The Hall–Kier alpha value is -0.610. The first kappa shape index (κ1) is 11.9. The van der Waals surface area contributed by atoms with Crippen LogP contribution < -0.4 is 10.6 Å². The van der Waals surface area contributed by atoms with E-state index in [2.05, 4.69) is 17.6 Å². The molecule has 4 nitrogen and oxygen atoms in total. The van der Waals surface area contributed by atoms with Crippen LogP contribution in [0.1, 0.15) is 26.7 Å². The number of carbonyl (C=O) groups is 1. The third kappa shape index (κ3) is 2.55. The Labute approximate surface area is 97.1 Å². The first-order valence-corrected chi connectivity index (χ1v) is 6.33. The van der Waals surface area contributed by atoms with Gasteiger partial charge in [-0.05, 0) is 32.2 Å². The van der Waals surface area contributed by atoms with Gasteiger partial charge < -0.3 is 15.4 Å². The number of carbonyl (C=O) groups excluding carboxylic acids is 1. The fraction of sp³-hybridized carbons (Fsp3) is 0.917. The molecule has 0 aromatic rings. The molecule has 1 aliphatic carbocycles. The second kappa shape index (κ2) is 5.15. The Bertz CT molecular complexity index is 251. The van der Waals surface area contributed by atoms with E-state index in [9.17, 15) is 4.79 Å². The summed E-state index contributed by atoms with van der Waals surface area (Å²) in [7, 11) is 0. The molecular weight excluding hydrogens is 204 g/mol. The Morgan fingerprint density at radius 3 is 2.75 bits per heavy atom. The zero-order valence-corrected chi connectivity index (χ0v) is 10.2. The molecule has 0 unspecified atom stereocenters. The van der Waals surface area contributed by atoms with Crippen molar-refractivity contribution in [2.75, 3.05) is 19.7 Å². The molecule has 2 aliphatic rings. The predicted molar refractivity (Wildman–Crippen MR) is 62.1 cm³/mol. The van der Waals surface area contributed by atoms with E-state index in [0.717, 1.165) is 32.5 Å². The summed E-state index contributed by atoms with van der Waals surface area (Å²) >= 11 is 0. The first-order valence-electron chi connectivity index (χ1n) is 6.33. The van der Waals surface area contributed by atoms with Crippen LogP contribution in [-0.4, -0.2) is 37.7 Å². The molecular formula is C12H22N2O2. The lowest BCUT2D eigenvalue weighted by molar-refractivity contribution is -0.128. The van der Waals surface area contributed by atoms with Gasteiger partial charge in [-0.1, -0.05) is 6.92 Å². The molecule has 2 rings (SSSR count). The van der Waals surface area contributed by atoms with Gasteiger partial charge in [0.2, 0.25) is 5.91 Å². The van der Waals surface area contributed by atoms with Crippen LogP contribution >= 0.6 is 0 Å². The minimum atomic E-state index is 0.158. The zero-order valence-electron chi connectivity index (χ0n) is 10.2. The number of amides is 1. The molecule has 16 heavy (non-hydrogen) atoms. The van der Waals surface area contributed by atoms with Gasteiger partial charge in [-0.2, -0.15) is 0 Å². The Morgan fingerprint density at radius 1 is 1.44 bits per heavy atom. The highest BCUT2D eigenvalue weighted by Gasteiger charge is 2.35. The van der Waals surface area contributed by atoms with E-state index in [1.54, 1.807) is 0 Å². The predicted octanol–water partition coefficient (Wildman–Crippen LogP) is 0.526. The summed E-state index contributed by atoms with van der Waals surface area (Å²) in [5, 5.41) is 6.37. The molecule has 0 aromatic heterocycles. The number of nitrogens with one attached hydrogen (secondary N) is 2. The third-order valence-electron chi connectivity index (χ3n) is 3.70. The minimum Gasteiger partial charge on any atom is -0.378 e. The molecule has 2 fully saturated rings. The standard InChI is InChI=1S/C12H22N2O2/c1-3-16-10-4-9(5-10)14-12(15)11-7-13-6-8(11)2/h8-11,13H,3-7H2,1-2H3,(H,14,15)/t8-,9?,10?,11-/m1/s1. The van der Waals surface area contributed by atoms with Crippen molar-refractivity contribution in [3.8, 4) is 0 Å². The Kier molecular flexibility index (Phi) is 3.82. The van der Waals surface area contributed by atoms with Gasteiger partial charge in [-0.15, -0.1) is 0 Å². The molecule has 2 N–H and O–H groups in total. The van der Waals surface area contributed by atoms with Gasteiger partial charge in [0.25, 0.3) is 0 Å². The molecule has 0 bridgehead atoms. The Balaban J connectivity index is 1.69. The summed E-state index contributed by atoms with van der Waals surface area (Å²) in [5.41, 5.74) is 0. The van der Waals surface area contributed by atoms with E-state index in [1.165, 1.54) is 0 Å². The lowest BCUT2D eigenvalue weighted by Gasteiger charge is -2.36. The largest absolute Gasteiger partial charge is 0.378 e. The summed E-state index contributed by atoms with van der Waals surface area (Å²) < 4.78 is 5.47. The van der Waals surface area contributed by atoms with Crippen molar-refractivity contribution in [1.82, 2.24) is 10.6 Å². The van der Waals surface area contributed by atoms with Crippen LogP contribution in [0.2, 0.25) is 0 Å². The SMILES string of the molecule is CCOC1CC(NC(=O)[C@@H]2CNC[C@H]2C)C1. The molecule has 1 saturated heterocycles. The molecule has 1 heterocycles. The van der Waals surface area contributed by atoms with Gasteiger partial charge in [0, 0.05) is 19.2 Å². The smallest absolute Gasteiger partial charge is 0.224 e. The van der Waals surface area contributed by atoms with Gasteiger partial charge in [-0.25, -0.2) is 0 Å². The first-order chi connectivity index (χ1) is 7.70. The van der Waals surface area contributed by atoms with Gasteiger partial charge in [-0.3, -0.25) is 4.79 Å². The van der Waals surface area contributed by atoms with E-state index in [-0.39, 0.29) is 11.8 Å². The molecule has 1 aliphatic heterocycles. The average molecular weight is 226 g/mol. The summed E-state index contributed by atoms with van der Waals surface area (Å²) in [6.45, 7) is 6.71. The number of rotatable bonds is 4. The fourth-order valence-corrected chi connectivity index (χ4v) is 2.52. The van der Waals surface area contributed by atoms with Crippen molar-refractivity contribution in [2.45, 2.75) is 38.8 Å². The van der Waals surface area contributed by atoms with Crippen molar-refractivity contribution in [2.24, 2.45) is 11.8 Å². The molecule has 2 atom stereocenters. The van der Waals surface area contributed by atoms with Gasteiger partial charge in [0.15, 0.2) is 0 Å². The van der Waals surface area contributed by atoms with Crippen molar-refractivity contribution < 1.29 is 9.53 Å². The van der Waals surface area contributed by atoms with E-state index < -0.39 is 0 Å². The summed E-state index contributed by atoms with van der Waals surface area (Å²) in [4.78, 5) is 11.9. The number of hydrogen-bond acceptors (Lipinski definition) is 3. The second-order valence-corrected chi connectivity index (χ2v) is 5.00. The van der Waals surface area contributed by atoms with Crippen molar-refractivity contribution in [1.29, 1.82) is 0 Å². The van der Waals surface area contributed by atoms with E-state index in [4.69, 9.17) is 4.74 Å². The summed E-state index contributed by atoms with van der Waals surface area (Å²) in [5.74, 6) is 0.839. The van der Waals surface area contributed by atoms with Crippen molar-refractivity contribution in [3.63, 3.8) is 0 Å². The van der Waals surface area contributed by atoms with E-state index in [0.29, 0.717) is 18.1 Å². The average Bonchev–Trinajstić information content (AvgIpc) is 2.61. The van der Waals surface area contributed by atoms with Crippen molar-refractivity contribution in [3.05, 3.63) is 0 Å². The molecule has 1 saturated carbocycles. The molecule has 0 aromatic carbocycles. The maximum Gasteiger partial charge on any atom is 0.224 e. The maximum atomic E-state index is 11.9. The van der Waals surface area contributed by atoms with Crippen LogP contribution in [0, 0.1) is 11.8 Å². The highest BCUT2D eigenvalue weighted by atomic mass is 16.5. The maximum absolute atomic E-state index is 11.9. The summed E-state index contributed by atoms with van der Waals surface area (Å²) in [6, 6.07) is 0.344. The van der Waals surface area contributed by atoms with Crippen LogP contribution in [0.4, 0.5) is 0 Å². The highest BCUT2D eigenvalue weighted by molar-refractivity contribution is 5.80. The third-order valence-corrected chi connectivity index (χ3v) is 3.70. The molecule has 92 valence electrons. The topological polar surface area (TPSA) is 50.4 Å². The van der Waals surface area contributed by atoms with Gasteiger partial charge in [0.1, 0.15) is 0 Å². The molecule has 1 amide bonds. The van der Waals surface area contributed by atoms with Crippen LogP contribution in [0.25, 0.3) is 0 Å². The van der Waals surface area contributed by atoms with Crippen LogP contribution in [-0.2, 0) is 9.53 Å². The molecule has 4 heteroatoms. The van der Waals surface area contributed by atoms with Crippen LogP contribution in [0.3, 0.4) is 0 Å². The normalized spacial score (nSPS) is 38.1.